The van der Waals surface area contributed by atoms with Gasteiger partial charge in [0.2, 0.25) is 0 Å². The molecule has 6 heteroatoms. The molecule has 0 saturated carbocycles. The fraction of sp³-hybridized carbons (Fsp3) is 0.333. The first-order chi connectivity index (χ1) is 6.75. The Labute approximate surface area is 98.8 Å². The summed E-state index contributed by atoms with van der Waals surface area (Å²) in [5, 5.41) is 6.34. The molecule has 2 heterocycles. The van der Waals surface area contributed by atoms with Crippen LogP contribution in [-0.4, -0.2) is 30.0 Å². The molecule has 0 aromatic carbocycles. The number of carbonyl (C=O) groups is 1. The van der Waals surface area contributed by atoms with E-state index in [1.165, 1.54) is 6.20 Å². The summed E-state index contributed by atoms with van der Waals surface area (Å²) in [7, 11) is 0. The van der Waals surface area contributed by atoms with Gasteiger partial charge in [0, 0.05) is 19.3 Å². The van der Waals surface area contributed by atoms with Crippen molar-refractivity contribution in [2.75, 3.05) is 13.1 Å². The summed E-state index contributed by atoms with van der Waals surface area (Å²) in [6.07, 6.45) is 1.48. The van der Waals surface area contributed by atoms with Gasteiger partial charge < -0.3 is 10.6 Å². The molecule has 15 heavy (non-hydrogen) atoms. The number of nitrogens with one attached hydrogen (secondary N) is 2. The quantitative estimate of drug-likeness (QED) is 0.763. The summed E-state index contributed by atoms with van der Waals surface area (Å²) in [4.78, 5) is 15.4. The molecule has 0 radical (unpaired) electrons. The Morgan fingerprint density at radius 3 is 2.73 bits per heavy atom. The minimum Gasteiger partial charge on any atom is -0.347 e. The monoisotopic (exact) mass is 247 g/mol. The van der Waals surface area contributed by atoms with E-state index >= 15 is 0 Å². The molecule has 0 aliphatic carbocycles. The Hall–Kier alpha value is -0.840. The van der Waals surface area contributed by atoms with Crippen molar-refractivity contribution in [1.82, 2.24) is 15.6 Å². The number of hydrogen-bond donors (Lipinski definition) is 2. The molecule has 1 aliphatic rings. The molecular formula is C9H11Cl2N3O. The number of aromatic nitrogens is 1. The standard InChI is InChI=1S/C9H10ClN3O.ClH/c10-8-2-1-6(3-12-8)9(14)13-7-4-11-5-7;/h1-3,7,11H,4-5H2,(H,13,14);1H. The maximum absolute atomic E-state index is 11.5. The molecule has 2 rings (SSSR count). The molecule has 4 nitrogen and oxygen atoms in total. The molecule has 82 valence electrons. The Morgan fingerprint density at radius 1 is 1.53 bits per heavy atom. The van der Waals surface area contributed by atoms with Crippen LogP contribution in [0.25, 0.3) is 0 Å². The van der Waals surface area contributed by atoms with Gasteiger partial charge in [-0.3, -0.25) is 4.79 Å². The van der Waals surface area contributed by atoms with Crippen LogP contribution in [0.4, 0.5) is 0 Å². The van der Waals surface area contributed by atoms with Gasteiger partial charge in [0.25, 0.3) is 5.91 Å². The van der Waals surface area contributed by atoms with Crippen molar-refractivity contribution in [2.24, 2.45) is 0 Å². The number of halogens is 2. The maximum atomic E-state index is 11.5. The van der Waals surface area contributed by atoms with Crippen molar-refractivity contribution in [3.8, 4) is 0 Å². The molecule has 0 bridgehead atoms. The molecule has 1 amide bonds. The first-order valence-electron chi connectivity index (χ1n) is 4.39. The highest BCUT2D eigenvalue weighted by molar-refractivity contribution is 6.29. The Balaban J connectivity index is 0.00000112. The van der Waals surface area contributed by atoms with Crippen molar-refractivity contribution in [2.45, 2.75) is 6.04 Å². The third-order valence-corrected chi connectivity index (χ3v) is 2.33. The molecule has 1 aromatic heterocycles. The van der Waals surface area contributed by atoms with Crippen LogP contribution in [-0.2, 0) is 0 Å². The number of carbonyl (C=O) groups excluding carboxylic acids is 1. The molecular weight excluding hydrogens is 237 g/mol. The average Bonchev–Trinajstić information content (AvgIpc) is 2.12. The van der Waals surface area contributed by atoms with Gasteiger partial charge >= 0.3 is 0 Å². The van der Waals surface area contributed by atoms with Gasteiger partial charge in [-0.2, -0.15) is 0 Å². The molecule has 1 aromatic rings. The van der Waals surface area contributed by atoms with Gasteiger partial charge in [-0.1, -0.05) is 11.6 Å². The minimum atomic E-state index is -0.0966. The van der Waals surface area contributed by atoms with Crippen LogP contribution >= 0.6 is 24.0 Å². The number of nitrogens with zero attached hydrogens (tertiary/aromatic N) is 1. The van der Waals surface area contributed by atoms with Crippen LogP contribution in [0.15, 0.2) is 18.3 Å². The topological polar surface area (TPSA) is 54.0 Å². The number of rotatable bonds is 2. The minimum absolute atomic E-state index is 0. The predicted octanol–water partition coefficient (Wildman–Crippen LogP) is 0.858. The summed E-state index contributed by atoms with van der Waals surface area (Å²) in [6, 6.07) is 3.52. The highest BCUT2D eigenvalue weighted by atomic mass is 35.5. The van der Waals surface area contributed by atoms with Gasteiger partial charge in [0.05, 0.1) is 11.6 Å². The zero-order valence-electron chi connectivity index (χ0n) is 7.87. The van der Waals surface area contributed by atoms with Crippen LogP contribution in [0.2, 0.25) is 5.15 Å². The van der Waals surface area contributed by atoms with E-state index in [1.54, 1.807) is 12.1 Å². The van der Waals surface area contributed by atoms with E-state index in [9.17, 15) is 4.79 Å². The van der Waals surface area contributed by atoms with E-state index in [1.807, 2.05) is 0 Å². The largest absolute Gasteiger partial charge is 0.347 e. The lowest BCUT2D eigenvalue weighted by Crippen LogP contribution is -2.56. The normalized spacial score (nSPS) is 15.0. The van der Waals surface area contributed by atoms with Crippen molar-refractivity contribution in [3.63, 3.8) is 0 Å². The molecule has 1 saturated heterocycles. The molecule has 1 aliphatic heterocycles. The lowest BCUT2D eigenvalue weighted by Gasteiger charge is -2.27. The SMILES string of the molecule is Cl.O=C(NC1CNC1)c1ccc(Cl)nc1. The van der Waals surface area contributed by atoms with E-state index in [-0.39, 0.29) is 24.4 Å². The van der Waals surface area contributed by atoms with Crippen molar-refractivity contribution < 1.29 is 4.79 Å². The van der Waals surface area contributed by atoms with Crippen LogP contribution in [0.3, 0.4) is 0 Å². The van der Waals surface area contributed by atoms with Crippen molar-refractivity contribution >= 4 is 29.9 Å². The lowest BCUT2D eigenvalue weighted by atomic mass is 10.1. The Morgan fingerprint density at radius 2 is 2.27 bits per heavy atom. The van der Waals surface area contributed by atoms with E-state index in [0.717, 1.165) is 13.1 Å². The van der Waals surface area contributed by atoms with Gasteiger partial charge in [-0.05, 0) is 12.1 Å². The first-order valence-corrected chi connectivity index (χ1v) is 4.76. The molecule has 1 fully saturated rings. The number of pyridine rings is 1. The van der Waals surface area contributed by atoms with E-state index in [2.05, 4.69) is 15.6 Å². The van der Waals surface area contributed by atoms with Gasteiger partial charge in [-0.25, -0.2) is 4.98 Å². The summed E-state index contributed by atoms with van der Waals surface area (Å²) in [5.74, 6) is -0.0966. The maximum Gasteiger partial charge on any atom is 0.253 e. The van der Waals surface area contributed by atoms with Crippen LogP contribution in [0, 0.1) is 0 Å². The second-order valence-electron chi connectivity index (χ2n) is 3.20. The highest BCUT2D eigenvalue weighted by Crippen LogP contribution is 2.05. The average molecular weight is 248 g/mol. The third-order valence-electron chi connectivity index (χ3n) is 2.11. The number of hydrogen-bond acceptors (Lipinski definition) is 3. The molecule has 0 spiro atoms. The zero-order chi connectivity index (χ0) is 9.97. The zero-order valence-corrected chi connectivity index (χ0v) is 9.44. The van der Waals surface area contributed by atoms with E-state index in [0.29, 0.717) is 10.7 Å². The van der Waals surface area contributed by atoms with Crippen LogP contribution in [0.1, 0.15) is 10.4 Å². The van der Waals surface area contributed by atoms with Crippen molar-refractivity contribution in [1.29, 1.82) is 0 Å². The van der Waals surface area contributed by atoms with Gasteiger partial charge in [-0.15, -0.1) is 12.4 Å². The Bertz CT molecular complexity index is 338. The lowest BCUT2D eigenvalue weighted by molar-refractivity contribution is 0.0923. The summed E-state index contributed by atoms with van der Waals surface area (Å²) >= 11 is 5.61. The molecule has 0 unspecified atom stereocenters. The smallest absolute Gasteiger partial charge is 0.253 e. The molecule has 0 atom stereocenters. The van der Waals surface area contributed by atoms with Crippen molar-refractivity contribution in [3.05, 3.63) is 29.0 Å². The summed E-state index contributed by atoms with van der Waals surface area (Å²) in [5.41, 5.74) is 0.543. The highest BCUT2D eigenvalue weighted by Gasteiger charge is 2.19. The van der Waals surface area contributed by atoms with Crippen LogP contribution in [0.5, 0.6) is 0 Å². The van der Waals surface area contributed by atoms with Gasteiger partial charge in [0.15, 0.2) is 0 Å². The van der Waals surface area contributed by atoms with Crippen LogP contribution < -0.4 is 10.6 Å². The first kappa shape index (κ1) is 12.2. The summed E-state index contributed by atoms with van der Waals surface area (Å²) in [6.45, 7) is 1.68. The molecule has 2 N–H and O–H groups in total. The second-order valence-corrected chi connectivity index (χ2v) is 3.59. The summed E-state index contributed by atoms with van der Waals surface area (Å²) < 4.78 is 0. The number of amides is 1. The fourth-order valence-corrected chi connectivity index (χ4v) is 1.28. The predicted molar refractivity (Wildman–Crippen MR) is 60.6 cm³/mol. The third kappa shape index (κ3) is 3.06. The Kier molecular flexibility index (Phi) is 4.32. The van der Waals surface area contributed by atoms with E-state index < -0.39 is 0 Å². The van der Waals surface area contributed by atoms with Gasteiger partial charge in [0.1, 0.15) is 5.15 Å². The fourth-order valence-electron chi connectivity index (χ4n) is 1.17. The second kappa shape index (κ2) is 5.30. The van der Waals surface area contributed by atoms with E-state index in [4.69, 9.17) is 11.6 Å².